The molecule has 3 aromatic rings. The molecular weight excluding hydrogens is 230 g/mol. The molecular formula is C13H9N3O2. The van der Waals surface area contributed by atoms with Crippen molar-refractivity contribution in [3.05, 3.63) is 54.7 Å². The number of hydrogen-bond donors (Lipinski definition) is 1. The lowest BCUT2D eigenvalue weighted by molar-refractivity contribution is 0.102. The van der Waals surface area contributed by atoms with E-state index in [9.17, 15) is 4.79 Å². The minimum absolute atomic E-state index is 0.255. The van der Waals surface area contributed by atoms with Crippen molar-refractivity contribution in [2.24, 2.45) is 0 Å². The van der Waals surface area contributed by atoms with Gasteiger partial charge in [-0.3, -0.25) is 9.78 Å². The topological polar surface area (TPSA) is 68.0 Å². The Bertz CT molecular complexity index is 692. The van der Waals surface area contributed by atoms with Gasteiger partial charge in [-0.15, -0.1) is 0 Å². The summed E-state index contributed by atoms with van der Waals surface area (Å²) in [5.74, 6) is -0.255. The van der Waals surface area contributed by atoms with Crippen LogP contribution < -0.4 is 5.32 Å². The molecule has 0 fully saturated rings. The number of amides is 1. The summed E-state index contributed by atoms with van der Waals surface area (Å²) in [5, 5.41) is 2.75. The number of aromatic nitrogens is 2. The van der Waals surface area contributed by atoms with Crippen molar-refractivity contribution in [3.63, 3.8) is 0 Å². The molecule has 3 rings (SSSR count). The molecule has 1 aromatic carbocycles. The number of nitrogens with one attached hydrogen (secondary N) is 1. The van der Waals surface area contributed by atoms with Crippen molar-refractivity contribution < 1.29 is 9.21 Å². The Labute approximate surface area is 102 Å². The molecule has 0 aliphatic carbocycles. The van der Waals surface area contributed by atoms with Gasteiger partial charge in [0.05, 0.1) is 0 Å². The zero-order valence-electron chi connectivity index (χ0n) is 9.33. The van der Waals surface area contributed by atoms with E-state index >= 15 is 0 Å². The number of carbonyl (C=O) groups is 1. The zero-order valence-corrected chi connectivity index (χ0v) is 9.33. The first-order valence-corrected chi connectivity index (χ1v) is 5.38. The molecule has 1 N–H and O–H groups in total. The van der Waals surface area contributed by atoms with E-state index in [1.165, 1.54) is 6.39 Å². The highest BCUT2D eigenvalue weighted by Crippen LogP contribution is 2.18. The molecule has 5 nitrogen and oxygen atoms in total. The molecule has 18 heavy (non-hydrogen) atoms. The van der Waals surface area contributed by atoms with E-state index in [2.05, 4.69) is 15.3 Å². The maximum Gasteiger partial charge on any atom is 0.274 e. The highest BCUT2D eigenvalue weighted by Gasteiger charge is 2.07. The zero-order chi connectivity index (χ0) is 12.4. The van der Waals surface area contributed by atoms with Crippen LogP contribution in [0.2, 0.25) is 0 Å². The maximum atomic E-state index is 11.9. The predicted molar refractivity (Wildman–Crippen MR) is 66.2 cm³/mol. The first-order chi connectivity index (χ1) is 8.83. The van der Waals surface area contributed by atoms with E-state index < -0.39 is 0 Å². The third-order valence-corrected chi connectivity index (χ3v) is 2.49. The number of nitrogens with zero attached hydrogens (tertiary/aromatic N) is 2. The summed E-state index contributed by atoms with van der Waals surface area (Å²) in [6.45, 7) is 0. The van der Waals surface area contributed by atoms with E-state index in [1.54, 1.807) is 42.6 Å². The number of hydrogen-bond acceptors (Lipinski definition) is 4. The Kier molecular flexibility index (Phi) is 2.49. The van der Waals surface area contributed by atoms with Crippen LogP contribution in [0.4, 0.5) is 5.69 Å². The molecule has 0 bridgehead atoms. The van der Waals surface area contributed by atoms with E-state index in [0.717, 1.165) is 5.52 Å². The summed E-state index contributed by atoms with van der Waals surface area (Å²) < 4.78 is 5.17. The van der Waals surface area contributed by atoms with Crippen LogP contribution in [-0.2, 0) is 0 Å². The highest BCUT2D eigenvalue weighted by atomic mass is 16.3. The van der Waals surface area contributed by atoms with E-state index in [0.29, 0.717) is 17.0 Å². The van der Waals surface area contributed by atoms with Crippen LogP contribution in [0.5, 0.6) is 0 Å². The number of anilines is 1. The molecule has 0 unspecified atom stereocenters. The molecule has 2 aromatic heterocycles. The first-order valence-electron chi connectivity index (χ1n) is 5.38. The van der Waals surface area contributed by atoms with Crippen molar-refractivity contribution in [1.29, 1.82) is 0 Å². The fourth-order valence-electron chi connectivity index (χ4n) is 1.63. The number of rotatable bonds is 2. The van der Waals surface area contributed by atoms with Crippen LogP contribution in [0.15, 0.2) is 53.4 Å². The SMILES string of the molecule is O=C(Nc1ccc2ncoc2c1)c1ccccn1. The number of oxazole rings is 1. The Morgan fingerprint density at radius 1 is 1.17 bits per heavy atom. The molecule has 0 aliphatic rings. The summed E-state index contributed by atoms with van der Waals surface area (Å²) in [7, 11) is 0. The van der Waals surface area contributed by atoms with E-state index in [1.807, 2.05) is 0 Å². The number of fused-ring (bicyclic) bond motifs is 1. The lowest BCUT2D eigenvalue weighted by Gasteiger charge is -2.03. The molecule has 5 heteroatoms. The van der Waals surface area contributed by atoms with Crippen LogP contribution in [0.1, 0.15) is 10.5 Å². The third-order valence-electron chi connectivity index (χ3n) is 2.49. The van der Waals surface area contributed by atoms with Gasteiger partial charge in [-0.1, -0.05) is 6.07 Å². The minimum atomic E-state index is -0.255. The van der Waals surface area contributed by atoms with Crippen molar-refractivity contribution in [2.45, 2.75) is 0 Å². The van der Waals surface area contributed by atoms with Crippen LogP contribution in [0.3, 0.4) is 0 Å². The van der Waals surface area contributed by atoms with Crippen molar-refractivity contribution >= 4 is 22.7 Å². The molecule has 2 heterocycles. The summed E-state index contributed by atoms with van der Waals surface area (Å²) in [6.07, 6.45) is 2.95. The maximum absolute atomic E-state index is 11.9. The summed E-state index contributed by atoms with van der Waals surface area (Å²) in [5.41, 5.74) is 2.41. The van der Waals surface area contributed by atoms with Gasteiger partial charge in [0, 0.05) is 18.0 Å². The van der Waals surface area contributed by atoms with Gasteiger partial charge >= 0.3 is 0 Å². The molecule has 1 amide bonds. The number of benzene rings is 1. The predicted octanol–water partition coefficient (Wildman–Crippen LogP) is 2.48. The second-order valence-electron chi connectivity index (χ2n) is 3.70. The second kappa shape index (κ2) is 4.29. The van der Waals surface area contributed by atoms with Crippen LogP contribution >= 0.6 is 0 Å². The number of carbonyl (C=O) groups excluding carboxylic acids is 1. The number of pyridine rings is 1. The molecule has 0 atom stereocenters. The molecule has 0 spiro atoms. The Morgan fingerprint density at radius 3 is 2.94 bits per heavy atom. The Hall–Kier alpha value is -2.69. The smallest absolute Gasteiger partial charge is 0.274 e. The van der Waals surface area contributed by atoms with E-state index in [4.69, 9.17) is 4.42 Å². The lowest BCUT2D eigenvalue weighted by Crippen LogP contribution is -2.13. The lowest BCUT2D eigenvalue weighted by atomic mass is 10.2. The Balaban J connectivity index is 1.86. The standard InChI is InChI=1S/C13H9N3O2/c17-13(11-3-1-2-6-14-11)16-9-4-5-10-12(7-9)18-8-15-10/h1-8H,(H,16,17). The Morgan fingerprint density at radius 2 is 2.11 bits per heavy atom. The molecule has 0 aliphatic heterocycles. The van der Waals surface area contributed by atoms with Gasteiger partial charge in [0.1, 0.15) is 11.2 Å². The fourth-order valence-corrected chi connectivity index (χ4v) is 1.63. The van der Waals surface area contributed by atoms with Crippen molar-refractivity contribution in [2.75, 3.05) is 5.32 Å². The molecule has 0 saturated heterocycles. The van der Waals surface area contributed by atoms with Crippen LogP contribution in [0.25, 0.3) is 11.1 Å². The van der Waals surface area contributed by atoms with Gasteiger partial charge in [-0.25, -0.2) is 4.98 Å². The van der Waals surface area contributed by atoms with Gasteiger partial charge in [0.15, 0.2) is 12.0 Å². The molecule has 88 valence electrons. The third kappa shape index (κ3) is 1.93. The van der Waals surface area contributed by atoms with E-state index in [-0.39, 0.29) is 5.91 Å². The second-order valence-corrected chi connectivity index (χ2v) is 3.70. The monoisotopic (exact) mass is 239 g/mol. The van der Waals surface area contributed by atoms with Crippen molar-refractivity contribution in [3.8, 4) is 0 Å². The van der Waals surface area contributed by atoms with Gasteiger partial charge < -0.3 is 9.73 Å². The summed E-state index contributed by atoms with van der Waals surface area (Å²) >= 11 is 0. The minimum Gasteiger partial charge on any atom is -0.443 e. The van der Waals surface area contributed by atoms with Crippen molar-refractivity contribution in [1.82, 2.24) is 9.97 Å². The average Bonchev–Trinajstić information content (AvgIpc) is 2.87. The van der Waals surface area contributed by atoms with Gasteiger partial charge in [-0.05, 0) is 24.3 Å². The highest BCUT2D eigenvalue weighted by molar-refractivity contribution is 6.03. The van der Waals surface area contributed by atoms with Gasteiger partial charge in [-0.2, -0.15) is 0 Å². The molecule has 0 saturated carbocycles. The summed E-state index contributed by atoms with van der Waals surface area (Å²) in [6, 6.07) is 10.5. The van der Waals surface area contributed by atoms with Crippen LogP contribution in [-0.4, -0.2) is 15.9 Å². The van der Waals surface area contributed by atoms with Crippen LogP contribution in [0, 0.1) is 0 Å². The van der Waals surface area contributed by atoms with Gasteiger partial charge in [0.2, 0.25) is 0 Å². The normalized spacial score (nSPS) is 10.4. The first kappa shape index (κ1) is 10.5. The largest absolute Gasteiger partial charge is 0.443 e. The fraction of sp³-hybridized carbons (Fsp3) is 0. The van der Waals surface area contributed by atoms with Gasteiger partial charge in [0.25, 0.3) is 5.91 Å². The average molecular weight is 239 g/mol. The quantitative estimate of drug-likeness (QED) is 0.745. The molecule has 0 radical (unpaired) electrons. The summed E-state index contributed by atoms with van der Waals surface area (Å²) in [4.78, 5) is 19.9.